The lowest BCUT2D eigenvalue weighted by molar-refractivity contribution is -0.149. The number of carbonyl (C=O) groups is 1. The molecule has 3 N–H and O–H groups in total. The number of ether oxygens (including phenoxy) is 2. The summed E-state index contributed by atoms with van der Waals surface area (Å²) in [5.74, 6) is 1.37. The Morgan fingerprint density at radius 2 is 2.14 bits per heavy atom. The van der Waals surface area contributed by atoms with Crippen LogP contribution in [0.15, 0.2) is 6.33 Å². The topological polar surface area (TPSA) is 117 Å². The molecular weight excluding hydrogens is 372 g/mol. The summed E-state index contributed by atoms with van der Waals surface area (Å²) in [7, 11) is 1.77. The van der Waals surface area contributed by atoms with Gasteiger partial charge < -0.3 is 20.5 Å². The van der Waals surface area contributed by atoms with E-state index < -0.39 is 0 Å². The maximum Gasteiger partial charge on any atom is 0.306 e. The Morgan fingerprint density at radius 3 is 2.90 bits per heavy atom. The maximum atomic E-state index is 12.2. The first-order valence-corrected chi connectivity index (χ1v) is 10.5. The molecule has 4 rings (SSSR count). The summed E-state index contributed by atoms with van der Waals surface area (Å²) in [5, 5.41) is 3.00. The molecule has 158 valence electrons. The number of imidazole rings is 1. The Kier molecular flexibility index (Phi) is 5.84. The minimum atomic E-state index is -0.235. The summed E-state index contributed by atoms with van der Waals surface area (Å²) in [6.45, 7) is 2.40. The molecule has 0 spiro atoms. The summed E-state index contributed by atoms with van der Waals surface area (Å²) in [4.78, 5) is 25.2. The summed E-state index contributed by atoms with van der Waals surface area (Å²) < 4.78 is 13.6. The smallest absolute Gasteiger partial charge is 0.306 e. The zero-order valence-corrected chi connectivity index (χ0v) is 17.1. The van der Waals surface area contributed by atoms with E-state index in [1.165, 1.54) is 19.3 Å². The zero-order valence-electron chi connectivity index (χ0n) is 17.1. The monoisotopic (exact) mass is 402 g/mol. The van der Waals surface area contributed by atoms with Crippen molar-refractivity contribution in [2.45, 2.75) is 64.2 Å². The number of nitrogens with one attached hydrogen (secondary N) is 1. The fourth-order valence-electron chi connectivity index (χ4n) is 4.53. The second-order valence-corrected chi connectivity index (χ2v) is 8.26. The highest BCUT2D eigenvalue weighted by molar-refractivity contribution is 5.84. The fraction of sp³-hybridized carbons (Fsp3) is 0.700. The van der Waals surface area contributed by atoms with Gasteiger partial charge in [-0.2, -0.15) is 9.97 Å². The number of anilines is 2. The maximum absolute atomic E-state index is 12.2. The number of esters is 1. The third-order valence-corrected chi connectivity index (χ3v) is 6.01. The standard InChI is InChI=1S/C20H30N6O3/c1-12-8-14(10-28-15(27)9-13-6-4-3-5-7-13)29-19(12)26-11-23-16-17(22-2)24-20(21)25-18(16)26/h11-14,19H,3-10H2,1-2H3,(H3,21,22,24,25)/t12?,14?,19-/m1/s1. The van der Waals surface area contributed by atoms with Crippen LogP contribution in [0.25, 0.3) is 11.2 Å². The van der Waals surface area contributed by atoms with E-state index in [-0.39, 0.29) is 36.8 Å². The molecular formula is C20H30N6O3. The predicted octanol–water partition coefficient (Wildman–Crippen LogP) is 2.89. The van der Waals surface area contributed by atoms with E-state index in [0.717, 1.165) is 19.3 Å². The van der Waals surface area contributed by atoms with Crippen molar-refractivity contribution in [3.8, 4) is 0 Å². The summed E-state index contributed by atoms with van der Waals surface area (Å²) >= 11 is 0. The molecule has 0 bridgehead atoms. The summed E-state index contributed by atoms with van der Waals surface area (Å²) in [5.41, 5.74) is 7.13. The normalized spacial score (nSPS) is 25.4. The average molecular weight is 402 g/mol. The van der Waals surface area contributed by atoms with Crippen molar-refractivity contribution in [1.29, 1.82) is 0 Å². The number of carbonyl (C=O) groups excluding carboxylic acids is 1. The largest absolute Gasteiger partial charge is 0.463 e. The molecule has 1 aliphatic carbocycles. The first-order chi connectivity index (χ1) is 14.0. The molecule has 2 aliphatic rings. The number of hydrogen-bond donors (Lipinski definition) is 2. The second-order valence-electron chi connectivity index (χ2n) is 8.26. The quantitative estimate of drug-likeness (QED) is 0.708. The Morgan fingerprint density at radius 1 is 1.34 bits per heavy atom. The molecule has 29 heavy (non-hydrogen) atoms. The fourth-order valence-corrected chi connectivity index (χ4v) is 4.53. The minimum absolute atomic E-state index is 0.108. The van der Waals surface area contributed by atoms with Gasteiger partial charge in [0.15, 0.2) is 17.0 Å². The Bertz CT molecular complexity index is 863. The molecule has 0 aromatic carbocycles. The SMILES string of the molecule is CNc1nc(N)nc2c1ncn2[C@@H]1OC(COC(=O)CC2CCCCC2)CC1C. The lowest BCUT2D eigenvalue weighted by atomic mass is 9.87. The molecule has 1 saturated carbocycles. The van der Waals surface area contributed by atoms with Gasteiger partial charge in [0, 0.05) is 19.4 Å². The molecule has 9 heteroatoms. The van der Waals surface area contributed by atoms with Gasteiger partial charge in [-0.05, 0) is 25.2 Å². The zero-order chi connectivity index (χ0) is 20.4. The van der Waals surface area contributed by atoms with Crippen molar-refractivity contribution in [1.82, 2.24) is 19.5 Å². The van der Waals surface area contributed by atoms with Crippen LogP contribution in [0.1, 0.15) is 58.1 Å². The Labute approximate surface area is 170 Å². The highest BCUT2D eigenvalue weighted by Crippen LogP contribution is 2.36. The third kappa shape index (κ3) is 4.29. The van der Waals surface area contributed by atoms with Gasteiger partial charge in [-0.25, -0.2) is 4.98 Å². The van der Waals surface area contributed by atoms with Crippen LogP contribution in [0, 0.1) is 11.8 Å². The van der Waals surface area contributed by atoms with Gasteiger partial charge in [0.1, 0.15) is 12.8 Å². The van der Waals surface area contributed by atoms with Crippen molar-refractivity contribution in [3.63, 3.8) is 0 Å². The van der Waals surface area contributed by atoms with Crippen LogP contribution < -0.4 is 11.1 Å². The van der Waals surface area contributed by atoms with Gasteiger partial charge >= 0.3 is 5.97 Å². The molecule has 2 unspecified atom stereocenters. The van der Waals surface area contributed by atoms with Crippen LogP contribution in [-0.2, 0) is 14.3 Å². The molecule has 3 heterocycles. The molecule has 0 radical (unpaired) electrons. The molecule has 0 amide bonds. The number of hydrogen-bond acceptors (Lipinski definition) is 8. The number of fused-ring (bicyclic) bond motifs is 1. The lowest BCUT2D eigenvalue weighted by Crippen LogP contribution is -2.21. The van der Waals surface area contributed by atoms with Crippen LogP contribution in [0.3, 0.4) is 0 Å². The third-order valence-electron chi connectivity index (χ3n) is 6.01. The van der Waals surface area contributed by atoms with E-state index in [1.54, 1.807) is 13.4 Å². The molecule has 3 atom stereocenters. The number of rotatable bonds is 6. The van der Waals surface area contributed by atoms with Gasteiger partial charge in [0.25, 0.3) is 0 Å². The molecule has 2 aromatic heterocycles. The van der Waals surface area contributed by atoms with E-state index in [4.69, 9.17) is 15.2 Å². The van der Waals surface area contributed by atoms with Crippen LogP contribution in [-0.4, -0.2) is 45.2 Å². The highest BCUT2D eigenvalue weighted by atomic mass is 16.6. The first kappa shape index (κ1) is 19.9. The minimum Gasteiger partial charge on any atom is -0.463 e. The molecule has 1 aliphatic heterocycles. The average Bonchev–Trinajstić information content (AvgIpc) is 3.29. The van der Waals surface area contributed by atoms with Gasteiger partial charge in [-0.1, -0.05) is 26.2 Å². The Balaban J connectivity index is 1.38. The van der Waals surface area contributed by atoms with Gasteiger partial charge in [0.05, 0.1) is 12.4 Å². The van der Waals surface area contributed by atoms with E-state index in [9.17, 15) is 4.79 Å². The number of nitrogens with zero attached hydrogens (tertiary/aromatic N) is 4. The Hall–Kier alpha value is -2.42. The van der Waals surface area contributed by atoms with Crippen molar-refractivity contribution in [2.75, 3.05) is 24.7 Å². The van der Waals surface area contributed by atoms with E-state index in [0.29, 0.717) is 29.3 Å². The molecule has 9 nitrogen and oxygen atoms in total. The van der Waals surface area contributed by atoms with Crippen LogP contribution in [0.2, 0.25) is 0 Å². The number of nitrogens with two attached hydrogens (primary N) is 1. The molecule has 2 aromatic rings. The van der Waals surface area contributed by atoms with Crippen molar-refractivity contribution < 1.29 is 14.3 Å². The molecule has 2 fully saturated rings. The van der Waals surface area contributed by atoms with Gasteiger partial charge in [0.2, 0.25) is 5.95 Å². The van der Waals surface area contributed by atoms with Crippen molar-refractivity contribution in [3.05, 3.63) is 6.33 Å². The molecule has 1 saturated heterocycles. The first-order valence-electron chi connectivity index (χ1n) is 10.5. The van der Waals surface area contributed by atoms with E-state index >= 15 is 0 Å². The van der Waals surface area contributed by atoms with Gasteiger partial charge in [-0.15, -0.1) is 0 Å². The summed E-state index contributed by atoms with van der Waals surface area (Å²) in [6, 6.07) is 0. The highest BCUT2D eigenvalue weighted by Gasteiger charge is 2.35. The number of nitrogen functional groups attached to an aromatic ring is 1. The van der Waals surface area contributed by atoms with Crippen LogP contribution >= 0.6 is 0 Å². The van der Waals surface area contributed by atoms with Crippen LogP contribution in [0.5, 0.6) is 0 Å². The van der Waals surface area contributed by atoms with Gasteiger partial charge in [-0.3, -0.25) is 9.36 Å². The lowest BCUT2D eigenvalue weighted by Gasteiger charge is -2.21. The number of aromatic nitrogens is 4. The van der Waals surface area contributed by atoms with E-state index in [2.05, 4.69) is 27.2 Å². The van der Waals surface area contributed by atoms with Crippen molar-refractivity contribution >= 4 is 28.9 Å². The summed E-state index contributed by atoms with van der Waals surface area (Å²) in [6.07, 6.45) is 8.70. The second kappa shape index (κ2) is 8.52. The predicted molar refractivity (Wildman–Crippen MR) is 109 cm³/mol. The van der Waals surface area contributed by atoms with E-state index in [1.807, 2.05) is 4.57 Å². The van der Waals surface area contributed by atoms with Crippen molar-refractivity contribution in [2.24, 2.45) is 11.8 Å². The van der Waals surface area contributed by atoms with Crippen LogP contribution in [0.4, 0.5) is 11.8 Å².